The maximum atomic E-state index is 12.2. The highest BCUT2D eigenvalue weighted by atomic mass is 16.5. The predicted octanol–water partition coefficient (Wildman–Crippen LogP) is 3.06. The third kappa shape index (κ3) is 5.26. The molecule has 7 nitrogen and oxygen atoms in total. The van der Waals surface area contributed by atoms with Crippen LogP contribution >= 0.6 is 0 Å². The Labute approximate surface area is 174 Å². The van der Waals surface area contributed by atoms with Gasteiger partial charge in [-0.05, 0) is 29.2 Å². The Morgan fingerprint density at radius 2 is 1.67 bits per heavy atom. The monoisotopic (exact) mass is 408 g/mol. The van der Waals surface area contributed by atoms with Gasteiger partial charge < -0.3 is 20.5 Å². The van der Waals surface area contributed by atoms with Crippen LogP contribution in [0, 0.1) is 0 Å². The lowest BCUT2D eigenvalue weighted by atomic mass is 9.98. The van der Waals surface area contributed by atoms with Crippen LogP contribution in [0.1, 0.15) is 30.4 Å². The molecular weight excluding hydrogens is 384 g/mol. The molecule has 3 rings (SSSR count). The number of alkyl carbamates (subject to hydrolysis) is 1. The fourth-order valence-electron chi connectivity index (χ4n) is 3.58. The van der Waals surface area contributed by atoms with Gasteiger partial charge in [-0.25, -0.2) is 9.59 Å². The van der Waals surface area contributed by atoms with Gasteiger partial charge in [-0.15, -0.1) is 0 Å². The summed E-state index contributed by atoms with van der Waals surface area (Å²) in [7, 11) is 0. The number of ether oxygens (including phenoxy) is 1. The van der Waals surface area contributed by atoms with E-state index in [0.717, 1.165) is 28.3 Å². The highest BCUT2D eigenvalue weighted by molar-refractivity contribution is 5.81. The lowest BCUT2D eigenvalue weighted by Gasteiger charge is -2.17. The van der Waals surface area contributed by atoms with Gasteiger partial charge in [-0.2, -0.15) is 0 Å². The van der Waals surface area contributed by atoms with Crippen LogP contribution < -0.4 is 10.6 Å². The minimum Gasteiger partial charge on any atom is -0.478 e. The summed E-state index contributed by atoms with van der Waals surface area (Å²) in [6.45, 7) is 2.02. The number of carboxylic acids is 1. The van der Waals surface area contributed by atoms with E-state index in [0.29, 0.717) is 0 Å². The van der Waals surface area contributed by atoms with Gasteiger partial charge in [0.15, 0.2) is 0 Å². The second kappa shape index (κ2) is 9.73. The number of carbonyl (C=O) groups is 3. The Kier molecular flexibility index (Phi) is 6.85. The van der Waals surface area contributed by atoms with Crippen LogP contribution in [0.5, 0.6) is 0 Å². The van der Waals surface area contributed by atoms with Crippen LogP contribution in [-0.2, 0) is 14.3 Å². The zero-order valence-electron chi connectivity index (χ0n) is 16.6. The van der Waals surface area contributed by atoms with Crippen LogP contribution in [0.25, 0.3) is 11.1 Å². The number of aliphatic carboxylic acids is 1. The Morgan fingerprint density at radius 1 is 1.07 bits per heavy atom. The molecule has 0 aromatic heterocycles. The van der Waals surface area contributed by atoms with Crippen LogP contribution in [0.4, 0.5) is 4.79 Å². The van der Waals surface area contributed by atoms with Crippen molar-refractivity contribution < 1.29 is 24.2 Å². The Bertz CT molecular complexity index is 924. The number of hydrogen-bond acceptors (Lipinski definition) is 4. The molecule has 0 radical (unpaired) electrons. The molecule has 30 heavy (non-hydrogen) atoms. The summed E-state index contributed by atoms with van der Waals surface area (Å²) in [5.41, 5.74) is 4.58. The van der Waals surface area contributed by atoms with Gasteiger partial charge in [-0.3, -0.25) is 4.79 Å². The lowest BCUT2D eigenvalue weighted by molar-refractivity contribution is -0.131. The van der Waals surface area contributed by atoms with Crippen molar-refractivity contribution in [2.75, 3.05) is 13.2 Å². The molecule has 1 atom stereocenters. The highest BCUT2D eigenvalue weighted by Gasteiger charge is 2.29. The maximum absolute atomic E-state index is 12.2. The van der Waals surface area contributed by atoms with Gasteiger partial charge in [0, 0.05) is 31.0 Å². The lowest BCUT2D eigenvalue weighted by Crippen LogP contribution is -2.38. The quantitative estimate of drug-likeness (QED) is 0.583. The van der Waals surface area contributed by atoms with E-state index in [9.17, 15) is 14.4 Å². The number of amides is 2. The molecule has 0 unspecified atom stereocenters. The average molecular weight is 408 g/mol. The van der Waals surface area contributed by atoms with Crippen molar-refractivity contribution in [1.82, 2.24) is 10.6 Å². The first-order valence-corrected chi connectivity index (χ1v) is 9.73. The predicted molar refractivity (Wildman–Crippen MR) is 112 cm³/mol. The first-order chi connectivity index (χ1) is 14.5. The molecule has 0 fully saturated rings. The summed E-state index contributed by atoms with van der Waals surface area (Å²) in [4.78, 5) is 34.4. The third-order valence-corrected chi connectivity index (χ3v) is 4.88. The van der Waals surface area contributed by atoms with Crippen LogP contribution in [0.3, 0.4) is 0 Å². The second-order valence-electron chi connectivity index (χ2n) is 7.12. The molecule has 0 spiro atoms. The van der Waals surface area contributed by atoms with E-state index in [-0.39, 0.29) is 31.4 Å². The van der Waals surface area contributed by atoms with Crippen LogP contribution in [0.2, 0.25) is 0 Å². The molecule has 2 aromatic rings. The number of rotatable bonds is 8. The van der Waals surface area contributed by atoms with Crippen molar-refractivity contribution in [3.8, 4) is 11.1 Å². The molecule has 1 aliphatic carbocycles. The maximum Gasteiger partial charge on any atom is 0.407 e. The smallest absolute Gasteiger partial charge is 0.407 e. The molecule has 2 aromatic carbocycles. The molecule has 0 bridgehead atoms. The third-order valence-electron chi connectivity index (χ3n) is 4.88. The van der Waals surface area contributed by atoms with Gasteiger partial charge >= 0.3 is 12.1 Å². The van der Waals surface area contributed by atoms with E-state index >= 15 is 0 Å². The fourth-order valence-corrected chi connectivity index (χ4v) is 3.58. The number of carbonyl (C=O) groups excluding carboxylic acids is 2. The molecular formula is C23H24N2O5. The Balaban J connectivity index is 1.49. The number of hydrogen-bond donors (Lipinski definition) is 3. The largest absolute Gasteiger partial charge is 0.478 e. The van der Waals surface area contributed by atoms with E-state index in [1.165, 1.54) is 6.08 Å². The van der Waals surface area contributed by atoms with E-state index in [2.05, 4.69) is 22.8 Å². The summed E-state index contributed by atoms with van der Waals surface area (Å²) in [6.07, 6.45) is 1.77. The standard InChI is InChI=1S/C23H24N2O5/c1-15(13-21(26)24-12-6-11-22(27)28)25-23(29)30-14-20-18-9-4-2-7-16(18)17-8-3-5-10-19(17)20/h2-11,15,20H,12-14H2,1H3,(H,24,26)(H,25,29)(H,27,28)/b11-6+/t15-/m1/s1. The number of carboxylic acid groups (broad SMARTS) is 1. The minimum atomic E-state index is -1.07. The summed E-state index contributed by atoms with van der Waals surface area (Å²) in [5.74, 6) is -1.39. The molecule has 0 heterocycles. The summed E-state index contributed by atoms with van der Waals surface area (Å²) in [5, 5.41) is 13.7. The zero-order valence-corrected chi connectivity index (χ0v) is 16.6. The minimum absolute atomic E-state index is 0.0252. The van der Waals surface area contributed by atoms with Crippen molar-refractivity contribution in [3.63, 3.8) is 0 Å². The van der Waals surface area contributed by atoms with E-state index < -0.39 is 18.1 Å². The SMILES string of the molecule is C[C@H](CC(=O)NC/C=C/C(=O)O)NC(=O)OCC1c2ccccc2-c2ccccc21. The first kappa shape index (κ1) is 21.1. The van der Waals surface area contributed by atoms with Gasteiger partial charge in [-0.1, -0.05) is 54.6 Å². The molecule has 0 saturated carbocycles. The van der Waals surface area contributed by atoms with Gasteiger partial charge in [0.1, 0.15) is 6.61 Å². The second-order valence-corrected chi connectivity index (χ2v) is 7.12. The molecule has 1 aliphatic rings. The van der Waals surface area contributed by atoms with Crippen molar-refractivity contribution in [3.05, 3.63) is 71.8 Å². The number of benzene rings is 2. The summed E-state index contributed by atoms with van der Waals surface area (Å²) in [6, 6.07) is 15.8. The van der Waals surface area contributed by atoms with E-state index in [1.54, 1.807) is 6.92 Å². The Morgan fingerprint density at radius 3 is 2.27 bits per heavy atom. The molecule has 0 aliphatic heterocycles. The Hall–Kier alpha value is -3.61. The van der Waals surface area contributed by atoms with Crippen molar-refractivity contribution >= 4 is 18.0 Å². The molecule has 3 N–H and O–H groups in total. The van der Waals surface area contributed by atoms with Crippen molar-refractivity contribution in [2.45, 2.75) is 25.3 Å². The van der Waals surface area contributed by atoms with Crippen LogP contribution in [-0.4, -0.2) is 42.3 Å². The van der Waals surface area contributed by atoms with Gasteiger partial charge in [0.2, 0.25) is 5.91 Å². The van der Waals surface area contributed by atoms with Gasteiger partial charge in [0.25, 0.3) is 0 Å². The summed E-state index contributed by atoms with van der Waals surface area (Å²) < 4.78 is 5.46. The summed E-state index contributed by atoms with van der Waals surface area (Å²) >= 11 is 0. The molecule has 2 amide bonds. The topological polar surface area (TPSA) is 105 Å². The highest BCUT2D eigenvalue weighted by Crippen LogP contribution is 2.44. The number of fused-ring (bicyclic) bond motifs is 3. The van der Waals surface area contributed by atoms with Crippen molar-refractivity contribution in [1.29, 1.82) is 0 Å². The van der Waals surface area contributed by atoms with Crippen molar-refractivity contribution in [2.24, 2.45) is 0 Å². The van der Waals surface area contributed by atoms with E-state index in [1.807, 2.05) is 36.4 Å². The molecule has 0 saturated heterocycles. The molecule has 156 valence electrons. The fraction of sp³-hybridized carbons (Fsp3) is 0.261. The molecule has 7 heteroatoms. The van der Waals surface area contributed by atoms with Gasteiger partial charge in [0.05, 0.1) is 0 Å². The zero-order chi connectivity index (χ0) is 21.5. The first-order valence-electron chi connectivity index (χ1n) is 9.73. The normalized spacial score (nSPS) is 13.4. The van der Waals surface area contributed by atoms with E-state index in [4.69, 9.17) is 9.84 Å². The average Bonchev–Trinajstić information content (AvgIpc) is 3.03. The van der Waals surface area contributed by atoms with Crippen LogP contribution in [0.15, 0.2) is 60.7 Å². The number of nitrogens with one attached hydrogen (secondary N) is 2.